The van der Waals surface area contributed by atoms with Crippen molar-refractivity contribution in [3.05, 3.63) is 58.6 Å². The molecule has 0 unspecified atom stereocenters. The standard InChI is InChI=1S/C16H16ClN3O2/c1-10(11-4-3-5-13(18)8-11)19-20-16(21)14-9-12(17)6-7-15(14)22-2/h3-9H,18H2,1-2H3,(H,20,21)/b19-10+. The fourth-order valence-corrected chi connectivity index (χ4v) is 2.05. The maximum atomic E-state index is 12.2. The van der Waals surface area contributed by atoms with E-state index in [1.165, 1.54) is 13.2 Å². The molecular weight excluding hydrogens is 302 g/mol. The molecule has 114 valence electrons. The van der Waals surface area contributed by atoms with E-state index in [1.807, 2.05) is 12.1 Å². The predicted octanol–water partition coefficient (Wildman–Crippen LogP) is 3.08. The van der Waals surface area contributed by atoms with Crippen LogP contribution in [0, 0.1) is 0 Å². The summed E-state index contributed by atoms with van der Waals surface area (Å²) in [5, 5.41) is 4.53. The second-order valence-electron chi connectivity index (χ2n) is 4.61. The minimum Gasteiger partial charge on any atom is -0.496 e. The van der Waals surface area contributed by atoms with E-state index in [0.29, 0.717) is 27.7 Å². The first kappa shape index (κ1) is 15.9. The van der Waals surface area contributed by atoms with Gasteiger partial charge in [0.1, 0.15) is 5.75 Å². The average molecular weight is 318 g/mol. The Bertz CT molecular complexity index is 729. The summed E-state index contributed by atoms with van der Waals surface area (Å²) in [6, 6.07) is 12.1. The lowest BCUT2D eigenvalue weighted by molar-refractivity contribution is 0.0952. The third-order valence-electron chi connectivity index (χ3n) is 3.04. The lowest BCUT2D eigenvalue weighted by Gasteiger charge is -2.08. The third-order valence-corrected chi connectivity index (χ3v) is 3.27. The highest BCUT2D eigenvalue weighted by molar-refractivity contribution is 6.31. The number of rotatable bonds is 4. The molecule has 0 saturated heterocycles. The van der Waals surface area contributed by atoms with Gasteiger partial charge in [-0.2, -0.15) is 5.10 Å². The number of hydrogen-bond donors (Lipinski definition) is 2. The number of carbonyl (C=O) groups excluding carboxylic acids is 1. The van der Waals surface area contributed by atoms with Gasteiger partial charge in [-0.05, 0) is 42.8 Å². The number of nitrogens with two attached hydrogens (primary N) is 1. The molecule has 3 N–H and O–H groups in total. The van der Waals surface area contributed by atoms with Crippen LogP contribution in [0.3, 0.4) is 0 Å². The molecular formula is C16H16ClN3O2. The quantitative estimate of drug-likeness (QED) is 0.517. The summed E-state index contributed by atoms with van der Waals surface area (Å²) in [4.78, 5) is 12.2. The normalized spacial score (nSPS) is 11.1. The van der Waals surface area contributed by atoms with Crippen LogP contribution >= 0.6 is 11.6 Å². The van der Waals surface area contributed by atoms with Crippen molar-refractivity contribution in [2.75, 3.05) is 12.8 Å². The molecule has 22 heavy (non-hydrogen) atoms. The molecule has 0 aliphatic heterocycles. The van der Waals surface area contributed by atoms with Gasteiger partial charge in [-0.15, -0.1) is 0 Å². The Morgan fingerprint density at radius 1 is 1.27 bits per heavy atom. The van der Waals surface area contributed by atoms with Crippen LogP contribution in [0.25, 0.3) is 0 Å². The highest BCUT2D eigenvalue weighted by Crippen LogP contribution is 2.22. The maximum Gasteiger partial charge on any atom is 0.275 e. The Balaban J connectivity index is 2.19. The van der Waals surface area contributed by atoms with Gasteiger partial charge in [0.2, 0.25) is 0 Å². The Labute approximate surface area is 133 Å². The van der Waals surface area contributed by atoms with Crippen LogP contribution in [0.15, 0.2) is 47.6 Å². The fourth-order valence-electron chi connectivity index (χ4n) is 1.88. The zero-order valence-corrected chi connectivity index (χ0v) is 13.0. The Kier molecular flexibility index (Phi) is 5.01. The van der Waals surface area contributed by atoms with Gasteiger partial charge in [-0.3, -0.25) is 4.79 Å². The van der Waals surface area contributed by atoms with Crippen LogP contribution in [0.2, 0.25) is 5.02 Å². The number of carbonyl (C=O) groups is 1. The zero-order chi connectivity index (χ0) is 16.1. The van der Waals surface area contributed by atoms with Gasteiger partial charge in [0.25, 0.3) is 5.91 Å². The molecule has 0 radical (unpaired) electrons. The highest BCUT2D eigenvalue weighted by Gasteiger charge is 2.12. The molecule has 5 nitrogen and oxygen atoms in total. The van der Waals surface area contributed by atoms with Crippen molar-refractivity contribution < 1.29 is 9.53 Å². The number of ether oxygens (including phenoxy) is 1. The molecule has 0 bridgehead atoms. The number of hydrogen-bond acceptors (Lipinski definition) is 4. The van der Waals surface area contributed by atoms with Crippen LogP contribution < -0.4 is 15.9 Å². The van der Waals surface area contributed by atoms with Gasteiger partial charge >= 0.3 is 0 Å². The molecule has 0 aliphatic rings. The summed E-state index contributed by atoms with van der Waals surface area (Å²) in [5.41, 5.74) is 10.6. The van der Waals surface area contributed by atoms with Crippen LogP contribution in [0.4, 0.5) is 5.69 Å². The largest absolute Gasteiger partial charge is 0.496 e. The maximum absolute atomic E-state index is 12.2. The van der Waals surface area contributed by atoms with Crippen LogP contribution in [0.5, 0.6) is 5.75 Å². The minimum atomic E-state index is -0.400. The number of hydrazone groups is 1. The summed E-state index contributed by atoms with van der Waals surface area (Å²) >= 11 is 5.91. The first-order chi connectivity index (χ1) is 10.5. The predicted molar refractivity (Wildman–Crippen MR) is 88.5 cm³/mol. The van der Waals surface area contributed by atoms with Gasteiger partial charge < -0.3 is 10.5 Å². The van der Waals surface area contributed by atoms with E-state index in [1.54, 1.807) is 31.2 Å². The Morgan fingerprint density at radius 3 is 2.73 bits per heavy atom. The van der Waals surface area contributed by atoms with Crippen molar-refractivity contribution in [2.45, 2.75) is 6.92 Å². The molecule has 0 saturated carbocycles. The lowest BCUT2D eigenvalue weighted by Crippen LogP contribution is -2.20. The van der Waals surface area contributed by atoms with Crippen molar-refractivity contribution >= 4 is 28.9 Å². The number of halogens is 1. The second-order valence-corrected chi connectivity index (χ2v) is 5.04. The number of amides is 1. The molecule has 0 spiro atoms. The molecule has 0 aliphatic carbocycles. The van der Waals surface area contributed by atoms with E-state index in [4.69, 9.17) is 22.1 Å². The number of benzene rings is 2. The summed E-state index contributed by atoms with van der Waals surface area (Å²) in [5.74, 6) is 0.0290. The molecule has 0 heterocycles. The van der Waals surface area contributed by atoms with Crippen molar-refractivity contribution in [3.8, 4) is 5.75 Å². The summed E-state index contributed by atoms with van der Waals surface area (Å²) in [6.07, 6.45) is 0. The van der Waals surface area contributed by atoms with Crippen LogP contribution in [-0.4, -0.2) is 18.7 Å². The van der Waals surface area contributed by atoms with E-state index in [-0.39, 0.29) is 0 Å². The van der Waals surface area contributed by atoms with Crippen molar-refractivity contribution in [1.29, 1.82) is 0 Å². The van der Waals surface area contributed by atoms with Crippen molar-refractivity contribution in [2.24, 2.45) is 5.10 Å². The minimum absolute atomic E-state index is 0.319. The Hall–Kier alpha value is -2.53. The zero-order valence-electron chi connectivity index (χ0n) is 12.3. The van der Waals surface area contributed by atoms with Crippen LogP contribution in [0.1, 0.15) is 22.8 Å². The smallest absolute Gasteiger partial charge is 0.275 e. The number of methoxy groups -OCH3 is 1. The number of anilines is 1. The average Bonchev–Trinajstić information content (AvgIpc) is 2.52. The topological polar surface area (TPSA) is 76.7 Å². The van der Waals surface area contributed by atoms with Gasteiger partial charge in [0.15, 0.2) is 0 Å². The fraction of sp³-hybridized carbons (Fsp3) is 0.125. The van der Waals surface area contributed by atoms with Gasteiger partial charge in [0, 0.05) is 10.7 Å². The van der Waals surface area contributed by atoms with Gasteiger partial charge in [-0.1, -0.05) is 23.7 Å². The van der Waals surface area contributed by atoms with Crippen molar-refractivity contribution in [1.82, 2.24) is 5.43 Å². The first-order valence-electron chi connectivity index (χ1n) is 6.55. The number of nitrogen functional groups attached to an aromatic ring is 1. The molecule has 1 amide bonds. The van der Waals surface area contributed by atoms with E-state index in [9.17, 15) is 4.79 Å². The van der Waals surface area contributed by atoms with E-state index in [0.717, 1.165) is 5.56 Å². The Morgan fingerprint density at radius 2 is 2.05 bits per heavy atom. The van der Waals surface area contributed by atoms with Gasteiger partial charge in [-0.25, -0.2) is 5.43 Å². The summed E-state index contributed by atoms with van der Waals surface area (Å²) < 4.78 is 5.14. The van der Waals surface area contributed by atoms with E-state index in [2.05, 4.69) is 10.5 Å². The van der Waals surface area contributed by atoms with E-state index >= 15 is 0 Å². The summed E-state index contributed by atoms with van der Waals surface area (Å²) in [6.45, 7) is 1.78. The first-order valence-corrected chi connectivity index (χ1v) is 6.93. The number of nitrogens with zero attached hydrogens (tertiary/aromatic N) is 1. The molecule has 6 heteroatoms. The van der Waals surface area contributed by atoms with Crippen LogP contribution in [-0.2, 0) is 0 Å². The lowest BCUT2D eigenvalue weighted by atomic mass is 10.1. The molecule has 0 atom stereocenters. The molecule has 2 rings (SSSR count). The molecule has 0 fully saturated rings. The monoisotopic (exact) mass is 317 g/mol. The molecule has 2 aromatic carbocycles. The summed E-state index contributed by atoms with van der Waals surface area (Å²) in [7, 11) is 1.49. The second kappa shape index (κ2) is 6.95. The number of nitrogens with one attached hydrogen (secondary N) is 1. The van der Waals surface area contributed by atoms with E-state index < -0.39 is 5.91 Å². The SMILES string of the molecule is COc1ccc(Cl)cc1C(=O)N/N=C(\C)c1cccc(N)c1. The third kappa shape index (κ3) is 3.77. The molecule has 2 aromatic rings. The molecule has 0 aromatic heterocycles. The highest BCUT2D eigenvalue weighted by atomic mass is 35.5. The van der Waals surface area contributed by atoms with Gasteiger partial charge in [0.05, 0.1) is 18.4 Å². The van der Waals surface area contributed by atoms with Crippen molar-refractivity contribution in [3.63, 3.8) is 0 Å².